The standard InChI is InChI=1S/C17H25N3O2/c1-4-11(2)15(18)16(21)19-14-10-12(3)20(17(14)22)13-8-6-5-7-9-13/h5-9,11-12,14-15H,4,10,18H2,1-3H3,(H,19,21). The van der Waals surface area contributed by atoms with Crippen LogP contribution in [0.1, 0.15) is 33.6 Å². The van der Waals surface area contributed by atoms with Gasteiger partial charge < -0.3 is 16.0 Å². The Balaban J connectivity index is 2.06. The molecule has 2 rings (SSSR count). The SMILES string of the molecule is CCC(C)C(N)C(=O)NC1CC(C)N(c2ccccc2)C1=O. The van der Waals surface area contributed by atoms with E-state index >= 15 is 0 Å². The third-order valence-corrected chi connectivity index (χ3v) is 4.46. The molecule has 1 heterocycles. The molecule has 0 radical (unpaired) electrons. The quantitative estimate of drug-likeness (QED) is 0.869. The second-order valence-electron chi connectivity index (χ2n) is 6.10. The van der Waals surface area contributed by atoms with E-state index in [1.54, 1.807) is 4.90 Å². The van der Waals surface area contributed by atoms with Crippen molar-refractivity contribution in [2.24, 2.45) is 11.7 Å². The Bertz CT molecular complexity index is 532. The Labute approximate surface area is 131 Å². The zero-order valence-corrected chi connectivity index (χ0v) is 13.5. The van der Waals surface area contributed by atoms with Crippen molar-refractivity contribution in [2.75, 3.05) is 4.90 Å². The van der Waals surface area contributed by atoms with Gasteiger partial charge >= 0.3 is 0 Å². The van der Waals surface area contributed by atoms with Gasteiger partial charge in [-0.2, -0.15) is 0 Å². The van der Waals surface area contributed by atoms with E-state index < -0.39 is 12.1 Å². The Kier molecular flexibility index (Phi) is 5.19. The van der Waals surface area contributed by atoms with E-state index in [1.165, 1.54) is 0 Å². The van der Waals surface area contributed by atoms with Crippen LogP contribution in [0.25, 0.3) is 0 Å². The molecular weight excluding hydrogens is 278 g/mol. The number of carbonyl (C=O) groups excluding carboxylic acids is 2. The number of nitrogens with two attached hydrogens (primary N) is 1. The lowest BCUT2D eigenvalue weighted by Gasteiger charge is -2.22. The van der Waals surface area contributed by atoms with Crippen molar-refractivity contribution in [1.29, 1.82) is 0 Å². The molecule has 1 aliphatic rings. The second-order valence-corrected chi connectivity index (χ2v) is 6.10. The summed E-state index contributed by atoms with van der Waals surface area (Å²) in [5.41, 5.74) is 6.80. The van der Waals surface area contributed by atoms with E-state index in [0.29, 0.717) is 6.42 Å². The molecule has 1 aromatic carbocycles. The van der Waals surface area contributed by atoms with Crippen LogP contribution >= 0.6 is 0 Å². The van der Waals surface area contributed by atoms with Gasteiger partial charge in [0, 0.05) is 11.7 Å². The number of nitrogens with zero attached hydrogens (tertiary/aromatic N) is 1. The van der Waals surface area contributed by atoms with Crippen LogP contribution < -0.4 is 16.0 Å². The smallest absolute Gasteiger partial charge is 0.249 e. The van der Waals surface area contributed by atoms with Crippen molar-refractivity contribution in [3.05, 3.63) is 30.3 Å². The van der Waals surface area contributed by atoms with Gasteiger partial charge in [0.1, 0.15) is 6.04 Å². The average Bonchev–Trinajstić information content (AvgIpc) is 2.80. The van der Waals surface area contributed by atoms with Crippen molar-refractivity contribution in [3.8, 4) is 0 Å². The lowest BCUT2D eigenvalue weighted by atomic mass is 9.99. The highest BCUT2D eigenvalue weighted by molar-refractivity contribution is 6.02. The van der Waals surface area contributed by atoms with Gasteiger partial charge in [0.15, 0.2) is 0 Å². The first-order chi connectivity index (χ1) is 10.5. The topological polar surface area (TPSA) is 75.4 Å². The Morgan fingerprint density at radius 3 is 2.64 bits per heavy atom. The molecule has 1 saturated heterocycles. The number of nitrogens with one attached hydrogen (secondary N) is 1. The fourth-order valence-corrected chi connectivity index (χ4v) is 2.80. The molecule has 3 N–H and O–H groups in total. The van der Waals surface area contributed by atoms with Crippen LogP contribution in [0.4, 0.5) is 5.69 Å². The largest absolute Gasteiger partial charge is 0.343 e. The molecule has 120 valence electrons. The number of hydrogen-bond donors (Lipinski definition) is 2. The summed E-state index contributed by atoms with van der Waals surface area (Å²) in [6.07, 6.45) is 1.44. The molecule has 2 amide bonds. The number of hydrogen-bond acceptors (Lipinski definition) is 3. The van der Waals surface area contributed by atoms with Gasteiger partial charge in [-0.25, -0.2) is 0 Å². The first-order valence-corrected chi connectivity index (χ1v) is 7.89. The zero-order valence-electron chi connectivity index (χ0n) is 13.5. The van der Waals surface area contributed by atoms with Crippen molar-refractivity contribution in [2.45, 2.75) is 51.7 Å². The molecule has 4 unspecified atom stereocenters. The van der Waals surface area contributed by atoms with E-state index in [2.05, 4.69) is 5.32 Å². The molecular formula is C17H25N3O2. The first kappa shape index (κ1) is 16.5. The maximum atomic E-state index is 12.6. The van der Waals surface area contributed by atoms with Crippen molar-refractivity contribution < 1.29 is 9.59 Å². The summed E-state index contributed by atoms with van der Waals surface area (Å²) in [5.74, 6) is -0.211. The normalized spacial score (nSPS) is 24.2. The maximum absolute atomic E-state index is 12.6. The summed E-state index contributed by atoms with van der Waals surface area (Å²) < 4.78 is 0. The minimum Gasteiger partial charge on any atom is -0.343 e. The summed E-state index contributed by atoms with van der Waals surface area (Å²) in [7, 11) is 0. The molecule has 1 aromatic rings. The van der Waals surface area contributed by atoms with Crippen molar-refractivity contribution >= 4 is 17.5 Å². The van der Waals surface area contributed by atoms with Crippen LogP contribution in [0, 0.1) is 5.92 Å². The molecule has 1 fully saturated rings. The zero-order chi connectivity index (χ0) is 16.3. The van der Waals surface area contributed by atoms with E-state index in [1.807, 2.05) is 51.1 Å². The predicted octanol–water partition coefficient (Wildman–Crippen LogP) is 1.67. The molecule has 0 saturated carbocycles. The van der Waals surface area contributed by atoms with Gasteiger partial charge in [0.25, 0.3) is 0 Å². The van der Waals surface area contributed by atoms with Crippen molar-refractivity contribution in [3.63, 3.8) is 0 Å². The maximum Gasteiger partial charge on any atom is 0.249 e. The van der Waals surface area contributed by atoms with Gasteiger partial charge in [-0.05, 0) is 31.4 Å². The molecule has 5 nitrogen and oxygen atoms in total. The van der Waals surface area contributed by atoms with E-state index in [9.17, 15) is 9.59 Å². The number of rotatable bonds is 5. The molecule has 0 bridgehead atoms. The number of amides is 2. The second kappa shape index (κ2) is 6.92. The third kappa shape index (κ3) is 3.30. The van der Waals surface area contributed by atoms with Gasteiger partial charge in [0.05, 0.1) is 6.04 Å². The monoisotopic (exact) mass is 303 g/mol. The van der Waals surface area contributed by atoms with Crippen LogP contribution in [0.5, 0.6) is 0 Å². The molecule has 1 aliphatic heterocycles. The number of carbonyl (C=O) groups is 2. The van der Waals surface area contributed by atoms with Crippen LogP contribution in [0.3, 0.4) is 0 Å². The highest BCUT2D eigenvalue weighted by atomic mass is 16.2. The van der Waals surface area contributed by atoms with Gasteiger partial charge in [-0.15, -0.1) is 0 Å². The molecule has 0 spiro atoms. The molecule has 0 aliphatic carbocycles. The first-order valence-electron chi connectivity index (χ1n) is 7.89. The molecule has 4 atom stereocenters. The van der Waals surface area contributed by atoms with E-state index in [0.717, 1.165) is 12.1 Å². The predicted molar refractivity (Wildman–Crippen MR) is 87.4 cm³/mol. The number of para-hydroxylation sites is 1. The van der Waals surface area contributed by atoms with Crippen LogP contribution in [0.15, 0.2) is 30.3 Å². The lowest BCUT2D eigenvalue weighted by molar-refractivity contribution is -0.128. The summed E-state index contributed by atoms with van der Waals surface area (Å²) in [5, 5.41) is 2.82. The van der Waals surface area contributed by atoms with Crippen LogP contribution in [-0.2, 0) is 9.59 Å². The summed E-state index contributed by atoms with van der Waals surface area (Å²) in [6.45, 7) is 5.93. The molecule has 22 heavy (non-hydrogen) atoms. The minimum atomic E-state index is -0.570. The fourth-order valence-electron chi connectivity index (χ4n) is 2.80. The van der Waals surface area contributed by atoms with Gasteiger partial charge in [0.2, 0.25) is 11.8 Å². The highest BCUT2D eigenvalue weighted by Crippen LogP contribution is 2.26. The average molecular weight is 303 g/mol. The number of benzene rings is 1. The van der Waals surface area contributed by atoms with Crippen molar-refractivity contribution in [1.82, 2.24) is 5.32 Å². The Morgan fingerprint density at radius 2 is 2.05 bits per heavy atom. The number of anilines is 1. The third-order valence-electron chi connectivity index (χ3n) is 4.46. The highest BCUT2D eigenvalue weighted by Gasteiger charge is 2.39. The Hall–Kier alpha value is -1.88. The van der Waals surface area contributed by atoms with E-state index in [-0.39, 0.29) is 23.8 Å². The molecule has 0 aromatic heterocycles. The van der Waals surface area contributed by atoms with Crippen LogP contribution in [0.2, 0.25) is 0 Å². The lowest BCUT2D eigenvalue weighted by Crippen LogP contribution is -2.50. The summed E-state index contributed by atoms with van der Waals surface area (Å²) >= 11 is 0. The van der Waals surface area contributed by atoms with E-state index in [4.69, 9.17) is 5.73 Å². The Morgan fingerprint density at radius 1 is 1.41 bits per heavy atom. The minimum absolute atomic E-state index is 0.0556. The van der Waals surface area contributed by atoms with Gasteiger partial charge in [-0.1, -0.05) is 38.5 Å². The summed E-state index contributed by atoms with van der Waals surface area (Å²) in [6, 6.07) is 8.53. The molecule has 5 heteroatoms. The fraction of sp³-hybridized carbons (Fsp3) is 0.529. The van der Waals surface area contributed by atoms with Crippen LogP contribution in [-0.4, -0.2) is 29.9 Å². The summed E-state index contributed by atoms with van der Waals surface area (Å²) in [4.78, 5) is 26.5. The van der Waals surface area contributed by atoms with Gasteiger partial charge in [-0.3, -0.25) is 9.59 Å².